The molecule has 0 heterocycles. The van der Waals surface area contributed by atoms with E-state index in [0.717, 1.165) is 11.1 Å². The number of carbonyl (C=O) groups excluding carboxylic acids is 1. The Morgan fingerprint density at radius 1 is 0.969 bits per heavy atom. The molecule has 32 heavy (non-hydrogen) atoms. The van der Waals surface area contributed by atoms with Gasteiger partial charge in [-0.15, -0.1) is 0 Å². The predicted octanol–water partition coefficient (Wildman–Crippen LogP) is 4.33. The number of methoxy groups -OCH3 is 1. The van der Waals surface area contributed by atoms with E-state index in [4.69, 9.17) is 4.74 Å². The number of ether oxygens (including phenoxy) is 1. The summed E-state index contributed by atoms with van der Waals surface area (Å²) in [6.07, 6.45) is 0.635. The molecule has 7 heteroatoms. The van der Waals surface area contributed by atoms with E-state index in [9.17, 15) is 13.2 Å². The molecule has 0 aromatic heterocycles. The van der Waals surface area contributed by atoms with Crippen LogP contribution in [-0.4, -0.2) is 28.0 Å². The van der Waals surface area contributed by atoms with Gasteiger partial charge in [0.25, 0.3) is 10.0 Å². The van der Waals surface area contributed by atoms with Gasteiger partial charge in [-0.2, -0.15) is 0 Å². The summed E-state index contributed by atoms with van der Waals surface area (Å²) in [6, 6.07) is 22.4. The molecule has 3 rings (SSSR count). The summed E-state index contributed by atoms with van der Waals surface area (Å²) in [5.74, 6) is 0.249. The Hall–Kier alpha value is -3.32. The summed E-state index contributed by atoms with van der Waals surface area (Å²) in [6.45, 7) is 3.45. The van der Waals surface area contributed by atoms with Crippen LogP contribution in [0.3, 0.4) is 0 Å². The number of rotatable bonds is 9. The van der Waals surface area contributed by atoms with Gasteiger partial charge in [-0.05, 0) is 43.2 Å². The fraction of sp³-hybridized carbons (Fsp3) is 0.240. The number of amides is 1. The van der Waals surface area contributed by atoms with Crippen LogP contribution < -0.4 is 14.4 Å². The number of hydrogen-bond donors (Lipinski definition) is 1. The standard InChI is InChI=1S/C25H28N2O4S/c1-4-20-12-8-10-16-23(20)27(32(29,30)21-13-6-5-7-14-21)18-25(28)26-19(2)22-15-9-11-17-24(22)31-3/h5-17,19H,4,18H2,1-3H3,(H,26,28)/t19-/m1/s1. The third-order valence-corrected chi connectivity index (χ3v) is 7.02. The van der Waals surface area contributed by atoms with Crippen LogP contribution in [-0.2, 0) is 21.2 Å². The van der Waals surface area contributed by atoms with E-state index in [-0.39, 0.29) is 17.5 Å². The van der Waals surface area contributed by atoms with Crippen LogP contribution in [0.15, 0.2) is 83.8 Å². The molecule has 6 nitrogen and oxygen atoms in total. The maximum Gasteiger partial charge on any atom is 0.264 e. The van der Waals surface area contributed by atoms with Gasteiger partial charge in [0.05, 0.1) is 23.7 Å². The molecule has 3 aromatic rings. The molecular formula is C25H28N2O4S. The zero-order chi connectivity index (χ0) is 23.1. The van der Waals surface area contributed by atoms with Gasteiger partial charge < -0.3 is 10.1 Å². The summed E-state index contributed by atoms with van der Waals surface area (Å²) < 4.78 is 33.6. The van der Waals surface area contributed by atoms with Crippen molar-refractivity contribution in [2.75, 3.05) is 18.0 Å². The molecular weight excluding hydrogens is 424 g/mol. The third-order valence-electron chi connectivity index (χ3n) is 5.24. The minimum absolute atomic E-state index is 0.136. The zero-order valence-electron chi connectivity index (χ0n) is 18.5. The van der Waals surface area contributed by atoms with Crippen molar-refractivity contribution in [2.24, 2.45) is 0 Å². The summed E-state index contributed by atoms with van der Waals surface area (Å²) >= 11 is 0. The molecule has 3 aromatic carbocycles. The van der Waals surface area contributed by atoms with Crippen LogP contribution in [0.25, 0.3) is 0 Å². The van der Waals surface area contributed by atoms with Crippen LogP contribution in [0.5, 0.6) is 5.75 Å². The largest absolute Gasteiger partial charge is 0.496 e. The summed E-state index contributed by atoms with van der Waals surface area (Å²) in [7, 11) is -2.37. The zero-order valence-corrected chi connectivity index (χ0v) is 19.3. The van der Waals surface area contributed by atoms with Gasteiger partial charge >= 0.3 is 0 Å². The summed E-state index contributed by atoms with van der Waals surface area (Å²) in [5.41, 5.74) is 2.16. The fourth-order valence-electron chi connectivity index (χ4n) is 3.59. The van der Waals surface area contributed by atoms with E-state index in [0.29, 0.717) is 17.9 Å². The maximum atomic E-state index is 13.5. The minimum atomic E-state index is -3.95. The fourth-order valence-corrected chi connectivity index (χ4v) is 5.07. The monoisotopic (exact) mass is 452 g/mol. The van der Waals surface area contributed by atoms with Crippen LogP contribution in [0, 0.1) is 0 Å². The molecule has 168 valence electrons. The lowest BCUT2D eigenvalue weighted by Crippen LogP contribution is -2.42. The van der Waals surface area contributed by atoms with Crippen molar-refractivity contribution in [3.8, 4) is 5.75 Å². The number of anilines is 1. The highest BCUT2D eigenvalue weighted by molar-refractivity contribution is 7.92. The maximum absolute atomic E-state index is 13.5. The quantitative estimate of drug-likeness (QED) is 0.524. The Bertz CT molecular complexity index is 1160. The second-order valence-corrected chi connectivity index (χ2v) is 9.20. The minimum Gasteiger partial charge on any atom is -0.496 e. The van der Waals surface area contributed by atoms with Gasteiger partial charge in [0, 0.05) is 5.56 Å². The van der Waals surface area contributed by atoms with Crippen molar-refractivity contribution in [1.29, 1.82) is 0 Å². The molecule has 1 N–H and O–H groups in total. The van der Waals surface area contributed by atoms with E-state index >= 15 is 0 Å². The molecule has 0 aliphatic heterocycles. The molecule has 1 amide bonds. The number of nitrogens with zero attached hydrogens (tertiary/aromatic N) is 1. The molecule has 0 fully saturated rings. The van der Waals surface area contributed by atoms with E-state index in [1.807, 2.05) is 50.2 Å². The second kappa shape index (κ2) is 10.3. The molecule has 0 aliphatic carbocycles. The van der Waals surface area contributed by atoms with Gasteiger partial charge in [0.2, 0.25) is 5.91 Å². The first kappa shape index (κ1) is 23.3. The highest BCUT2D eigenvalue weighted by Crippen LogP contribution is 2.28. The molecule has 0 unspecified atom stereocenters. The number of para-hydroxylation sites is 2. The molecule has 0 saturated heterocycles. The number of benzene rings is 3. The van der Waals surface area contributed by atoms with Crippen LogP contribution in [0.1, 0.15) is 31.0 Å². The number of nitrogens with one attached hydrogen (secondary N) is 1. The second-order valence-electron chi connectivity index (χ2n) is 7.34. The highest BCUT2D eigenvalue weighted by atomic mass is 32.2. The number of sulfonamides is 1. The first-order valence-corrected chi connectivity index (χ1v) is 11.9. The Labute approximate surface area is 189 Å². The van der Waals surface area contributed by atoms with Gasteiger partial charge in [-0.1, -0.05) is 61.5 Å². The SMILES string of the molecule is CCc1ccccc1N(CC(=O)N[C@H](C)c1ccccc1OC)S(=O)(=O)c1ccccc1. The van der Waals surface area contributed by atoms with Crippen LogP contribution >= 0.6 is 0 Å². The van der Waals surface area contributed by atoms with Gasteiger partial charge in [0.1, 0.15) is 12.3 Å². The number of hydrogen-bond acceptors (Lipinski definition) is 4. The average Bonchev–Trinajstić information content (AvgIpc) is 2.82. The van der Waals surface area contributed by atoms with Crippen molar-refractivity contribution >= 4 is 21.6 Å². The Balaban J connectivity index is 1.93. The third kappa shape index (κ3) is 5.11. The van der Waals surface area contributed by atoms with E-state index in [1.54, 1.807) is 37.4 Å². The first-order valence-electron chi connectivity index (χ1n) is 10.5. The highest BCUT2D eigenvalue weighted by Gasteiger charge is 2.29. The average molecular weight is 453 g/mol. The predicted molar refractivity (Wildman–Crippen MR) is 126 cm³/mol. The van der Waals surface area contributed by atoms with Crippen LogP contribution in [0.4, 0.5) is 5.69 Å². The lowest BCUT2D eigenvalue weighted by molar-refractivity contribution is -0.120. The topological polar surface area (TPSA) is 75.7 Å². The Morgan fingerprint density at radius 3 is 2.28 bits per heavy atom. The van der Waals surface area contributed by atoms with E-state index < -0.39 is 15.9 Å². The molecule has 1 atom stereocenters. The first-order chi connectivity index (χ1) is 15.4. The van der Waals surface area contributed by atoms with E-state index in [2.05, 4.69) is 5.32 Å². The molecule has 0 saturated carbocycles. The van der Waals surface area contributed by atoms with Crippen molar-refractivity contribution < 1.29 is 17.9 Å². The lowest BCUT2D eigenvalue weighted by Gasteiger charge is -2.27. The van der Waals surface area contributed by atoms with Gasteiger partial charge in [-0.3, -0.25) is 9.10 Å². The van der Waals surface area contributed by atoms with Crippen molar-refractivity contribution in [2.45, 2.75) is 31.2 Å². The Morgan fingerprint density at radius 2 is 1.59 bits per heavy atom. The smallest absolute Gasteiger partial charge is 0.264 e. The van der Waals surface area contributed by atoms with Crippen molar-refractivity contribution in [3.63, 3.8) is 0 Å². The van der Waals surface area contributed by atoms with Crippen molar-refractivity contribution in [3.05, 3.63) is 90.0 Å². The molecule has 0 bridgehead atoms. The number of carbonyl (C=O) groups is 1. The number of aryl methyl sites for hydroxylation is 1. The summed E-state index contributed by atoms with van der Waals surface area (Å²) in [4.78, 5) is 13.2. The Kier molecular flexibility index (Phi) is 7.53. The van der Waals surface area contributed by atoms with Crippen molar-refractivity contribution in [1.82, 2.24) is 5.32 Å². The summed E-state index contributed by atoms with van der Waals surface area (Å²) in [5, 5.41) is 2.91. The molecule has 0 aliphatic rings. The normalized spacial score (nSPS) is 12.1. The lowest BCUT2D eigenvalue weighted by atomic mass is 10.1. The molecule has 0 radical (unpaired) electrons. The van der Waals surface area contributed by atoms with Gasteiger partial charge in [0.15, 0.2) is 0 Å². The molecule has 0 spiro atoms. The van der Waals surface area contributed by atoms with Gasteiger partial charge in [-0.25, -0.2) is 8.42 Å². The van der Waals surface area contributed by atoms with E-state index in [1.165, 1.54) is 16.4 Å². The van der Waals surface area contributed by atoms with Crippen LogP contribution in [0.2, 0.25) is 0 Å².